The van der Waals surface area contributed by atoms with Crippen LogP contribution in [-0.2, 0) is 5.41 Å². The molecule has 0 spiro atoms. The third kappa shape index (κ3) is 2.23. The number of aromatic hydroxyl groups is 1. The van der Waals surface area contributed by atoms with Crippen LogP contribution in [-0.4, -0.2) is 23.9 Å². The average molecular weight is 210 g/mol. The standard InChI is InChI=1S/C12H18O3/c1-8-5-9(14)6-10(15-4)11(8)12(2,3)7-13/h5-6,13-14H,7H2,1-4H3. The number of hydrogen-bond donors (Lipinski definition) is 2. The van der Waals surface area contributed by atoms with Gasteiger partial charge in [0.1, 0.15) is 11.5 Å². The van der Waals surface area contributed by atoms with Crippen molar-refractivity contribution in [2.75, 3.05) is 13.7 Å². The molecule has 0 aromatic heterocycles. The first-order chi connectivity index (χ1) is 6.92. The van der Waals surface area contributed by atoms with Gasteiger partial charge in [0.2, 0.25) is 0 Å². The van der Waals surface area contributed by atoms with Crippen LogP contribution in [0.1, 0.15) is 25.0 Å². The first-order valence-electron chi connectivity index (χ1n) is 4.91. The van der Waals surface area contributed by atoms with Crippen molar-refractivity contribution < 1.29 is 14.9 Å². The summed E-state index contributed by atoms with van der Waals surface area (Å²) >= 11 is 0. The van der Waals surface area contributed by atoms with E-state index in [0.29, 0.717) is 5.75 Å². The predicted molar refractivity (Wildman–Crippen MR) is 59.5 cm³/mol. The second kappa shape index (κ2) is 4.11. The molecule has 0 unspecified atom stereocenters. The van der Waals surface area contributed by atoms with E-state index in [9.17, 15) is 10.2 Å². The van der Waals surface area contributed by atoms with Gasteiger partial charge in [-0.1, -0.05) is 13.8 Å². The monoisotopic (exact) mass is 210 g/mol. The Morgan fingerprint density at radius 2 is 1.93 bits per heavy atom. The van der Waals surface area contributed by atoms with Crippen LogP contribution in [0.25, 0.3) is 0 Å². The largest absolute Gasteiger partial charge is 0.508 e. The molecule has 1 rings (SSSR count). The van der Waals surface area contributed by atoms with Crippen molar-refractivity contribution in [3.05, 3.63) is 23.3 Å². The Kier molecular flexibility index (Phi) is 3.25. The summed E-state index contributed by atoms with van der Waals surface area (Å²) in [5.74, 6) is 0.799. The highest BCUT2D eigenvalue weighted by atomic mass is 16.5. The van der Waals surface area contributed by atoms with Crippen LogP contribution in [0.5, 0.6) is 11.5 Å². The van der Waals surface area contributed by atoms with Gasteiger partial charge in [0.25, 0.3) is 0 Å². The van der Waals surface area contributed by atoms with Crippen LogP contribution in [0, 0.1) is 6.92 Å². The van der Waals surface area contributed by atoms with Gasteiger partial charge in [0.05, 0.1) is 13.7 Å². The minimum Gasteiger partial charge on any atom is -0.508 e. The van der Waals surface area contributed by atoms with Gasteiger partial charge in [-0.25, -0.2) is 0 Å². The molecular formula is C12H18O3. The number of benzene rings is 1. The van der Waals surface area contributed by atoms with Gasteiger partial charge in [-0.15, -0.1) is 0 Å². The van der Waals surface area contributed by atoms with Crippen molar-refractivity contribution in [1.29, 1.82) is 0 Å². The normalized spacial score (nSPS) is 11.5. The smallest absolute Gasteiger partial charge is 0.126 e. The molecule has 1 aromatic rings. The van der Waals surface area contributed by atoms with E-state index in [2.05, 4.69) is 0 Å². The number of phenolic OH excluding ortho intramolecular Hbond substituents is 1. The molecule has 84 valence electrons. The minimum absolute atomic E-state index is 0.0367. The van der Waals surface area contributed by atoms with E-state index < -0.39 is 0 Å². The quantitative estimate of drug-likeness (QED) is 0.802. The van der Waals surface area contributed by atoms with Gasteiger partial charge in [0.15, 0.2) is 0 Å². The van der Waals surface area contributed by atoms with Crippen LogP contribution in [0.4, 0.5) is 0 Å². The second-order valence-corrected chi connectivity index (χ2v) is 4.38. The summed E-state index contributed by atoms with van der Waals surface area (Å²) in [6.45, 7) is 5.81. The van der Waals surface area contributed by atoms with Crippen molar-refractivity contribution in [3.8, 4) is 11.5 Å². The predicted octanol–water partition coefficient (Wildman–Crippen LogP) is 1.98. The lowest BCUT2D eigenvalue weighted by Crippen LogP contribution is -2.24. The van der Waals surface area contributed by atoms with E-state index in [1.807, 2.05) is 20.8 Å². The van der Waals surface area contributed by atoms with Gasteiger partial charge >= 0.3 is 0 Å². The van der Waals surface area contributed by atoms with Crippen LogP contribution in [0.3, 0.4) is 0 Å². The lowest BCUT2D eigenvalue weighted by molar-refractivity contribution is 0.214. The van der Waals surface area contributed by atoms with Crippen LogP contribution in [0.15, 0.2) is 12.1 Å². The molecule has 0 amide bonds. The lowest BCUT2D eigenvalue weighted by Gasteiger charge is -2.26. The van der Waals surface area contributed by atoms with E-state index in [4.69, 9.17) is 4.74 Å². The van der Waals surface area contributed by atoms with Crippen LogP contribution in [0.2, 0.25) is 0 Å². The van der Waals surface area contributed by atoms with Gasteiger partial charge in [-0.2, -0.15) is 0 Å². The number of aliphatic hydroxyl groups excluding tert-OH is 1. The molecule has 0 saturated heterocycles. The van der Waals surface area contributed by atoms with Crippen molar-refractivity contribution >= 4 is 0 Å². The number of rotatable bonds is 3. The maximum atomic E-state index is 9.45. The van der Waals surface area contributed by atoms with Crippen molar-refractivity contribution in [2.24, 2.45) is 0 Å². The highest BCUT2D eigenvalue weighted by Crippen LogP contribution is 2.36. The third-order valence-corrected chi connectivity index (χ3v) is 2.58. The SMILES string of the molecule is COc1cc(O)cc(C)c1C(C)(C)CO. The van der Waals surface area contributed by atoms with Gasteiger partial charge < -0.3 is 14.9 Å². The number of methoxy groups -OCH3 is 1. The molecule has 1 aromatic carbocycles. The molecule has 15 heavy (non-hydrogen) atoms. The second-order valence-electron chi connectivity index (χ2n) is 4.38. The zero-order chi connectivity index (χ0) is 11.6. The topological polar surface area (TPSA) is 49.7 Å². The molecular weight excluding hydrogens is 192 g/mol. The zero-order valence-electron chi connectivity index (χ0n) is 9.66. The van der Waals surface area contributed by atoms with Gasteiger partial charge in [-0.05, 0) is 18.6 Å². The maximum Gasteiger partial charge on any atom is 0.126 e. The summed E-state index contributed by atoms with van der Waals surface area (Å²) in [6.07, 6.45) is 0. The molecule has 0 atom stereocenters. The zero-order valence-corrected chi connectivity index (χ0v) is 9.66. The van der Waals surface area contributed by atoms with Crippen molar-refractivity contribution in [2.45, 2.75) is 26.2 Å². The Balaban J connectivity index is 3.39. The molecule has 3 nitrogen and oxygen atoms in total. The summed E-state index contributed by atoms with van der Waals surface area (Å²) in [5.41, 5.74) is 1.49. The first-order valence-corrected chi connectivity index (χ1v) is 4.91. The van der Waals surface area contributed by atoms with E-state index in [-0.39, 0.29) is 17.8 Å². The summed E-state index contributed by atoms with van der Waals surface area (Å²) in [6, 6.07) is 3.25. The molecule has 3 heteroatoms. The Bertz CT molecular complexity index is 356. The molecule has 2 N–H and O–H groups in total. The number of aryl methyl sites for hydroxylation is 1. The molecule has 0 aliphatic rings. The first kappa shape index (κ1) is 11.9. The fraction of sp³-hybridized carbons (Fsp3) is 0.500. The molecule has 0 heterocycles. The van der Waals surface area contributed by atoms with E-state index >= 15 is 0 Å². The molecule has 0 aliphatic carbocycles. The number of ether oxygens (including phenoxy) is 1. The number of hydrogen-bond acceptors (Lipinski definition) is 3. The van der Waals surface area contributed by atoms with Crippen LogP contribution < -0.4 is 4.74 Å². The Labute approximate surface area is 90.3 Å². The Hall–Kier alpha value is -1.22. The highest BCUT2D eigenvalue weighted by molar-refractivity contribution is 5.49. The van der Waals surface area contributed by atoms with Crippen LogP contribution >= 0.6 is 0 Å². The van der Waals surface area contributed by atoms with Crippen molar-refractivity contribution in [3.63, 3.8) is 0 Å². The van der Waals surface area contributed by atoms with Gasteiger partial charge in [-0.3, -0.25) is 0 Å². The van der Waals surface area contributed by atoms with E-state index in [1.54, 1.807) is 19.2 Å². The summed E-state index contributed by atoms with van der Waals surface area (Å²) in [4.78, 5) is 0. The van der Waals surface area contributed by atoms with E-state index in [1.165, 1.54) is 0 Å². The van der Waals surface area contributed by atoms with E-state index in [0.717, 1.165) is 11.1 Å². The fourth-order valence-corrected chi connectivity index (χ4v) is 1.84. The molecule has 0 saturated carbocycles. The molecule has 0 aliphatic heterocycles. The minimum atomic E-state index is -0.372. The fourth-order valence-electron chi connectivity index (χ4n) is 1.84. The number of aliphatic hydroxyl groups is 1. The van der Waals surface area contributed by atoms with Crippen molar-refractivity contribution in [1.82, 2.24) is 0 Å². The summed E-state index contributed by atoms with van der Waals surface area (Å²) in [5, 5.41) is 18.8. The molecule has 0 radical (unpaired) electrons. The molecule has 0 fully saturated rings. The van der Waals surface area contributed by atoms with Gasteiger partial charge in [0, 0.05) is 17.0 Å². The summed E-state index contributed by atoms with van der Waals surface area (Å²) in [7, 11) is 1.56. The highest BCUT2D eigenvalue weighted by Gasteiger charge is 2.26. The Morgan fingerprint density at radius 3 is 2.40 bits per heavy atom. The number of phenols is 1. The Morgan fingerprint density at radius 1 is 1.33 bits per heavy atom. The summed E-state index contributed by atoms with van der Waals surface area (Å²) < 4.78 is 5.22. The third-order valence-electron chi connectivity index (χ3n) is 2.58. The lowest BCUT2D eigenvalue weighted by atomic mass is 9.82. The average Bonchev–Trinajstić information content (AvgIpc) is 2.15. The maximum absolute atomic E-state index is 9.45. The molecule has 0 bridgehead atoms.